The Morgan fingerprint density at radius 1 is 1.07 bits per heavy atom. The minimum absolute atomic E-state index is 0.0946. The molecule has 1 aliphatic carbocycles. The van der Waals surface area contributed by atoms with Gasteiger partial charge in [0.05, 0.1) is 11.6 Å². The van der Waals surface area contributed by atoms with Gasteiger partial charge in [0.15, 0.2) is 5.13 Å². The molecule has 0 aliphatic heterocycles. The van der Waals surface area contributed by atoms with E-state index >= 15 is 0 Å². The molecule has 7 heteroatoms. The predicted molar refractivity (Wildman–Crippen MR) is 112 cm³/mol. The Kier molecular flexibility index (Phi) is 5.15. The molecule has 1 aliphatic rings. The lowest BCUT2D eigenvalue weighted by atomic mass is 10.1. The van der Waals surface area contributed by atoms with Gasteiger partial charge in [0.25, 0.3) is 5.91 Å². The van der Waals surface area contributed by atoms with Gasteiger partial charge in [0, 0.05) is 21.2 Å². The van der Waals surface area contributed by atoms with E-state index in [-0.39, 0.29) is 17.7 Å². The molecule has 0 saturated carbocycles. The van der Waals surface area contributed by atoms with Crippen LogP contribution in [-0.4, -0.2) is 16.8 Å². The van der Waals surface area contributed by atoms with Crippen LogP contribution in [0, 0.1) is 6.92 Å². The molecule has 4 rings (SSSR count). The second kappa shape index (κ2) is 7.73. The molecule has 0 radical (unpaired) electrons. The maximum atomic E-state index is 12.7. The summed E-state index contributed by atoms with van der Waals surface area (Å²) < 4.78 is 0. The van der Waals surface area contributed by atoms with Crippen molar-refractivity contribution in [3.8, 4) is 0 Å². The van der Waals surface area contributed by atoms with Gasteiger partial charge in [0.2, 0.25) is 5.91 Å². The summed E-state index contributed by atoms with van der Waals surface area (Å²) in [5, 5.41) is 6.90. The summed E-state index contributed by atoms with van der Waals surface area (Å²) in [6.45, 7) is 1.97. The summed E-state index contributed by atoms with van der Waals surface area (Å²) in [7, 11) is 0. The van der Waals surface area contributed by atoms with Crippen LogP contribution in [0.15, 0.2) is 48.5 Å². The highest BCUT2D eigenvalue weighted by atomic mass is 35.5. The summed E-state index contributed by atoms with van der Waals surface area (Å²) in [6, 6.07) is 14.4. The van der Waals surface area contributed by atoms with E-state index in [4.69, 9.17) is 11.6 Å². The van der Waals surface area contributed by atoms with E-state index in [0.717, 1.165) is 29.0 Å². The van der Waals surface area contributed by atoms with Gasteiger partial charge in [-0.2, -0.15) is 0 Å². The third-order valence-corrected chi connectivity index (χ3v) is 5.98. The molecule has 1 unspecified atom stereocenters. The molecule has 2 aromatic carbocycles. The number of rotatable bonds is 4. The van der Waals surface area contributed by atoms with Crippen molar-refractivity contribution >= 4 is 45.6 Å². The van der Waals surface area contributed by atoms with Crippen molar-refractivity contribution in [3.05, 3.63) is 75.3 Å². The number of carbonyl (C=O) groups excluding carboxylic acids is 2. The van der Waals surface area contributed by atoms with E-state index in [2.05, 4.69) is 15.6 Å². The maximum Gasteiger partial charge on any atom is 0.257 e. The molecule has 1 aromatic heterocycles. The number of benzene rings is 2. The van der Waals surface area contributed by atoms with Gasteiger partial charge in [-0.3, -0.25) is 14.9 Å². The Bertz CT molecular complexity index is 1030. The highest BCUT2D eigenvalue weighted by molar-refractivity contribution is 7.16. The van der Waals surface area contributed by atoms with E-state index in [1.54, 1.807) is 36.4 Å². The fraction of sp³-hybridized carbons (Fsp3) is 0.190. The van der Waals surface area contributed by atoms with E-state index in [9.17, 15) is 9.59 Å². The first kappa shape index (κ1) is 18.7. The van der Waals surface area contributed by atoms with Crippen LogP contribution in [0.3, 0.4) is 0 Å². The van der Waals surface area contributed by atoms with Gasteiger partial charge in [0.1, 0.15) is 0 Å². The number of nitrogens with zero attached hydrogens (tertiary/aromatic N) is 1. The number of aryl methyl sites for hydroxylation is 2. The molecule has 5 nitrogen and oxygen atoms in total. The lowest BCUT2D eigenvalue weighted by Gasteiger charge is -2.11. The maximum absolute atomic E-state index is 12.7. The first-order valence-corrected chi connectivity index (χ1v) is 10.1. The van der Waals surface area contributed by atoms with Crippen LogP contribution in [0.5, 0.6) is 0 Å². The van der Waals surface area contributed by atoms with E-state index in [1.165, 1.54) is 11.3 Å². The second-order valence-electron chi connectivity index (χ2n) is 6.73. The van der Waals surface area contributed by atoms with Gasteiger partial charge in [-0.1, -0.05) is 29.3 Å². The van der Waals surface area contributed by atoms with Crippen molar-refractivity contribution in [1.29, 1.82) is 0 Å². The van der Waals surface area contributed by atoms with Gasteiger partial charge in [-0.05, 0) is 56.2 Å². The lowest BCUT2D eigenvalue weighted by molar-refractivity contribution is -0.117. The number of thiazole rings is 1. The number of aromatic nitrogens is 1. The number of fused-ring (bicyclic) bond motifs is 1. The molecule has 2 amide bonds. The smallest absolute Gasteiger partial charge is 0.257 e. The molecule has 28 heavy (non-hydrogen) atoms. The predicted octanol–water partition coefficient (Wildman–Crippen LogP) is 5.03. The number of hydrogen-bond donors (Lipinski definition) is 2. The standard InChI is InChI=1S/C21H18ClN3O2S/c1-12-2-4-13(5-3-12)19(26)25-21-24-18-16(10-11-17(18)28-21)20(27)23-15-8-6-14(22)7-9-15/h2-9,16H,10-11H2,1H3,(H,23,27)(H,24,25,26). The average molecular weight is 412 g/mol. The van der Waals surface area contributed by atoms with Crippen LogP contribution in [-0.2, 0) is 11.2 Å². The van der Waals surface area contributed by atoms with Crippen molar-refractivity contribution in [2.24, 2.45) is 0 Å². The molecular weight excluding hydrogens is 394 g/mol. The van der Waals surface area contributed by atoms with Crippen LogP contribution >= 0.6 is 22.9 Å². The van der Waals surface area contributed by atoms with Crippen molar-refractivity contribution in [1.82, 2.24) is 4.98 Å². The average Bonchev–Trinajstić information content (AvgIpc) is 3.24. The highest BCUT2D eigenvalue weighted by Crippen LogP contribution is 2.39. The zero-order valence-corrected chi connectivity index (χ0v) is 16.7. The molecule has 0 fully saturated rings. The number of anilines is 2. The summed E-state index contributed by atoms with van der Waals surface area (Å²) >= 11 is 7.32. The topological polar surface area (TPSA) is 71.1 Å². The summed E-state index contributed by atoms with van der Waals surface area (Å²) in [5.74, 6) is -0.607. The van der Waals surface area contributed by atoms with E-state index in [1.807, 2.05) is 19.1 Å². The summed E-state index contributed by atoms with van der Waals surface area (Å²) in [4.78, 5) is 30.7. The van der Waals surface area contributed by atoms with Crippen LogP contribution in [0.1, 0.15) is 38.8 Å². The van der Waals surface area contributed by atoms with E-state index in [0.29, 0.717) is 21.4 Å². The van der Waals surface area contributed by atoms with Crippen LogP contribution < -0.4 is 10.6 Å². The molecule has 0 spiro atoms. The van der Waals surface area contributed by atoms with Crippen molar-refractivity contribution in [3.63, 3.8) is 0 Å². The molecular formula is C21H18ClN3O2S. The Labute approximate surface area is 171 Å². The molecule has 1 atom stereocenters. The third-order valence-electron chi connectivity index (χ3n) is 4.68. The van der Waals surface area contributed by atoms with Gasteiger partial charge in [-0.15, -0.1) is 11.3 Å². The lowest BCUT2D eigenvalue weighted by Crippen LogP contribution is -2.20. The van der Waals surface area contributed by atoms with E-state index < -0.39 is 0 Å². The first-order chi connectivity index (χ1) is 13.5. The van der Waals surface area contributed by atoms with Crippen molar-refractivity contribution in [2.75, 3.05) is 10.6 Å². The van der Waals surface area contributed by atoms with Crippen LogP contribution in [0.25, 0.3) is 0 Å². The monoisotopic (exact) mass is 411 g/mol. The number of nitrogens with one attached hydrogen (secondary N) is 2. The molecule has 0 bridgehead atoms. The molecule has 1 heterocycles. The molecule has 142 valence electrons. The number of hydrogen-bond acceptors (Lipinski definition) is 4. The number of halogens is 1. The quantitative estimate of drug-likeness (QED) is 0.632. The Morgan fingerprint density at radius 2 is 1.79 bits per heavy atom. The minimum Gasteiger partial charge on any atom is -0.326 e. The van der Waals surface area contributed by atoms with Gasteiger partial charge < -0.3 is 5.32 Å². The van der Waals surface area contributed by atoms with Crippen molar-refractivity contribution < 1.29 is 9.59 Å². The first-order valence-electron chi connectivity index (χ1n) is 8.93. The Hall–Kier alpha value is -2.70. The van der Waals surface area contributed by atoms with Crippen LogP contribution in [0.2, 0.25) is 5.02 Å². The van der Waals surface area contributed by atoms with Gasteiger partial charge in [-0.25, -0.2) is 4.98 Å². The summed E-state index contributed by atoms with van der Waals surface area (Å²) in [5.41, 5.74) is 3.14. The summed E-state index contributed by atoms with van der Waals surface area (Å²) in [6.07, 6.45) is 1.51. The van der Waals surface area contributed by atoms with Crippen LogP contribution in [0.4, 0.5) is 10.8 Å². The highest BCUT2D eigenvalue weighted by Gasteiger charge is 2.33. The molecule has 2 N–H and O–H groups in total. The Balaban J connectivity index is 1.46. The zero-order chi connectivity index (χ0) is 19.7. The number of carbonyl (C=O) groups is 2. The molecule has 3 aromatic rings. The minimum atomic E-state index is -0.313. The third kappa shape index (κ3) is 3.93. The normalized spacial score (nSPS) is 15.1. The number of amides is 2. The SMILES string of the molecule is Cc1ccc(C(=O)Nc2nc3c(s2)CCC3C(=O)Nc2ccc(Cl)cc2)cc1. The van der Waals surface area contributed by atoms with Crippen molar-refractivity contribution in [2.45, 2.75) is 25.7 Å². The molecule has 0 saturated heterocycles. The second-order valence-corrected chi connectivity index (χ2v) is 8.26. The largest absolute Gasteiger partial charge is 0.326 e. The fourth-order valence-corrected chi connectivity index (χ4v) is 4.33. The Morgan fingerprint density at radius 3 is 2.50 bits per heavy atom. The zero-order valence-electron chi connectivity index (χ0n) is 15.2. The fourth-order valence-electron chi connectivity index (χ4n) is 3.17. The van der Waals surface area contributed by atoms with Gasteiger partial charge >= 0.3 is 0 Å².